The molecule has 7 heteroatoms. The molecule has 2 atom stereocenters. The molecule has 1 unspecified atom stereocenters. The molecule has 2 aliphatic heterocycles. The average Bonchev–Trinajstić information content (AvgIpc) is 2.75. The highest BCUT2D eigenvalue weighted by Crippen LogP contribution is 2.35. The van der Waals surface area contributed by atoms with E-state index in [1.807, 2.05) is 6.07 Å². The van der Waals surface area contributed by atoms with Gasteiger partial charge in [0, 0.05) is 6.54 Å². The first kappa shape index (κ1) is 14.8. The highest BCUT2D eigenvalue weighted by molar-refractivity contribution is 6.33. The number of rotatable bonds is 1. The summed E-state index contributed by atoms with van der Waals surface area (Å²) in [7, 11) is 0. The highest BCUT2D eigenvalue weighted by atomic mass is 35.5. The molecule has 0 saturated carbocycles. The third-order valence-corrected chi connectivity index (χ3v) is 4.72. The fourth-order valence-electron chi connectivity index (χ4n) is 3.07. The number of imide groups is 1. The van der Waals surface area contributed by atoms with E-state index in [4.69, 9.17) is 16.9 Å². The molecule has 0 aliphatic carbocycles. The predicted octanol–water partition coefficient (Wildman–Crippen LogP) is 1.81. The summed E-state index contributed by atoms with van der Waals surface area (Å²) >= 11 is 6.12. The van der Waals surface area contributed by atoms with Crippen LogP contribution in [0.1, 0.15) is 24.0 Å². The van der Waals surface area contributed by atoms with Gasteiger partial charge in [0.1, 0.15) is 12.1 Å². The van der Waals surface area contributed by atoms with Crippen LogP contribution in [0.15, 0.2) is 12.1 Å². The predicted molar refractivity (Wildman–Crippen MR) is 79.5 cm³/mol. The van der Waals surface area contributed by atoms with Gasteiger partial charge >= 0.3 is 6.03 Å². The minimum Gasteiger partial charge on any atom is -0.390 e. The van der Waals surface area contributed by atoms with Gasteiger partial charge in [-0.05, 0) is 37.5 Å². The van der Waals surface area contributed by atoms with Gasteiger partial charge in [0.25, 0.3) is 5.91 Å². The lowest BCUT2D eigenvalue weighted by Gasteiger charge is -2.30. The summed E-state index contributed by atoms with van der Waals surface area (Å²) in [4.78, 5) is 27.6. The first-order chi connectivity index (χ1) is 10.5. The third-order valence-electron chi connectivity index (χ3n) is 4.23. The van der Waals surface area contributed by atoms with Crippen molar-refractivity contribution in [3.8, 4) is 6.07 Å². The number of anilines is 1. The third kappa shape index (κ3) is 1.97. The lowest BCUT2D eigenvalue weighted by Crippen LogP contribution is -2.48. The fraction of sp³-hybridized carbons (Fsp3) is 0.400. The van der Waals surface area contributed by atoms with Crippen LogP contribution in [-0.2, 0) is 4.79 Å². The average molecular weight is 320 g/mol. The molecular weight excluding hydrogens is 306 g/mol. The van der Waals surface area contributed by atoms with E-state index >= 15 is 0 Å². The summed E-state index contributed by atoms with van der Waals surface area (Å²) in [5.41, 5.74) is 1.15. The van der Waals surface area contributed by atoms with Gasteiger partial charge in [0.15, 0.2) is 0 Å². The molecule has 1 aromatic rings. The molecule has 6 nitrogen and oxygen atoms in total. The Bertz CT molecular complexity index is 713. The first-order valence-electron chi connectivity index (χ1n) is 6.99. The van der Waals surface area contributed by atoms with Crippen LogP contribution in [0.5, 0.6) is 0 Å². The zero-order chi connectivity index (χ0) is 16.0. The zero-order valence-corrected chi connectivity index (χ0v) is 12.7. The largest absolute Gasteiger partial charge is 0.390 e. The summed E-state index contributed by atoms with van der Waals surface area (Å²) in [6.45, 7) is 2.11. The molecule has 0 bridgehead atoms. The smallest absolute Gasteiger partial charge is 0.332 e. The van der Waals surface area contributed by atoms with Crippen molar-refractivity contribution in [1.29, 1.82) is 5.26 Å². The summed E-state index contributed by atoms with van der Waals surface area (Å²) in [5, 5.41) is 19.2. The van der Waals surface area contributed by atoms with Crippen molar-refractivity contribution in [2.45, 2.75) is 31.9 Å². The Hall–Kier alpha value is -2.10. The number of nitriles is 1. The number of fused-ring (bicyclic) bond motifs is 1. The summed E-state index contributed by atoms with van der Waals surface area (Å²) in [6.07, 6.45) is 0.322. The van der Waals surface area contributed by atoms with Crippen LogP contribution in [0.25, 0.3) is 0 Å². The van der Waals surface area contributed by atoms with Gasteiger partial charge in [0.2, 0.25) is 0 Å². The molecule has 2 saturated heterocycles. The highest BCUT2D eigenvalue weighted by Gasteiger charge is 2.50. The standard InChI is InChI=1S/C15H14ClN3O3/c1-8-10(5-4-9(7-17)12(8)16)19-14(21)13-11(20)3-2-6-18(13)15(19)22/h4-5,11,13,20H,2-3,6H2,1H3/t11-,13?/m0/s1. The molecule has 0 spiro atoms. The molecule has 1 aromatic carbocycles. The first-order valence-corrected chi connectivity index (χ1v) is 7.37. The van der Waals surface area contributed by atoms with Gasteiger partial charge in [-0.25, -0.2) is 9.69 Å². The number of urea groups is 1. The molecular formula is C15H14ClN3O3. The van der Waals surface area contributed by atoms with E-state index in [1.54, 1.807) is 13.0 Å². The second kappa shape index (κ2) is 5.27. The molecule has 2 fully saturated rings. The van der Waals surface area contributed by atoms with Crippen molar-refractivity contribution >= 4 is 29.2 Å². The van der Waals surface area contributed by atoms with Gasteiger partial charge < -0.3 is 10.0 Å². The van der Waals surface area contributed by atoms with E-state index in [0.29, 0.717) is 36.2 Å². The maximum atomic E-state index is 12.6. The normalized spacial score (nSPS) is 24.5. The molecule has 0 aromatic heterocycles. The van der Waals surface area contributed by atoms with Crippen LogP contribution in [-0.4, -0.2) is 40.6 Å². The monoisotopic (exact) mass is 319 g/mol. The van der Waals surface area contributed by atoms with Gasteiger partial charge in [-0.1, -0.05) is 11.6 Å². The van der Waals surface area contributed by atoms with E-state index in [0.717, 1.165) is 4.90 Å². The molecule has 2 aliphatic rings. The Labute approximate surface area is 132 Å². The quantitative estimate of drug-likeness (QED) is 0.800. The maximum absolute atomic E-state index is 12.6. The second-order valence-electron chi connectivity index (χ2n) is 5.49. The molecule has 3 rings (SSSR count). The Morgan fingerprint density at radius 1 is 1.41 bits per heavy atom. The SMILES string of the molecule is Cc1c(N2C(=O)C3[C@@H](O)CCCN3C2=O)ccc(C#N)c1Cl. The zero-order valence-electron chi connectivity index (χ0n) is 11.9. The summed E-state index contributed by atoms with van der Waals surface area (Å²) in [5.74, 6) is -0.443. The number of piperidine rings is 1. The van der Waals surface area contributed by atoms with Crippen molar-refractivity contribution in [2.75, 3.05) is 11.4 Å². The summed E-state index contributed by atoms with van der Waals surface area (Å²) in [6, 6.07) is 3.72. The van der Waals surface area contributed by atoms with E-state index in [-0.39, 0.29) is 5.02 Å². The van der Waals surface area contributed by atoms with Crippen LogP contribution in [0.2, 0.25) is 5.02 Å². The topological polar surface area (TPSA) is 84.6 Å². The Morgan fingerprint density at radius 3 is 2.77 bits per heavy atom. The number of carbonyl (C=O) groups excluding carboxylic acids is 2. The number of amides is 3. The van der Waals surface area contributed by atoms with Crippen molar-refractivity contribution in [3.63, 3.8) is 0 Å². The Balaban J connectivity index is 2.06. The molecule has 0 radical (unpaired) electrons. The minimum atomic E-state index is -0.843. The number of benzene rings is 1. The summed E-state index contributed by atoms with van der Waals surface area (Å²) < 4.78 is 0. The molecule has 114 valence electrons. The van der Waals surface area contributed by atoms with Crippen molar-refractivity contribution < 1.29 is 14.7 Å². The van der Waals surface area contributed by atoms with Gasteiger partial charge in [-0.2, -0.15) is 5.26 Å². The number of carbonyl (C=O) groups is 2. The number of hydrogen-bond acceptors (Lipinski definition) is 4. The molecule has 2 heterocycles. The number of aliphatic hydroxyl groups excluding tert-OH is 1. The van der Waals surface area contributed by atoms with E-state index in [9.17, 15) is 14.7 Å². The van der Waals surface area contributed by atoms with Gasteiger partial charge in [-0.3, -0.25) is 4.79 Å². The van der Waals surface area contributed by atoms with E-state index in [1.165, 1.54) is 11.0 Å². The lowest BCUT2D eigenvalue weighted by atomic mass is 10.00. The van der Waals surface area contributed by atoms with Crippen LogP contribution in [0.4, 0.5) is 10.5 Å². The molecule has 3 amide bonds. The molecule has 22 heavy (non-hydrogen) atoms. The van der Waals surface area contributed by atoms with Crippen LogP contribution in [0, 0.1) is 18.3 Å². The lowest BCUT2D eigenvalue weighted by molar-refractivity contribution is -0.124. The second-order valence-corrected chi connectivity index (χ2v) is 5.87. The number of aliphatic hydroxyl groups is 1. The van der Waals surface area contributed by atoms with E-state index < -0.39 is 24.1 Å². The fourth-order valence-corrected chi connectivity index (χ4v) is 3.27. The number of hydrogen-bond donors (Lipinski definition) is 1. The minimum absolute atomic E-state index is 0.228. The van der Waals surface area contributed by atoms with Crippen LogP contribution >= 0.6 is 11.6 Å². The maximum Gasteiger partial charge on any atom is 0.332 e. The van der Waals surface area contributed by atoms with Crippen molar-refractivity contribution in [2.24, 2.45) is 0 Å². The van der Waals surface area contributed by atoms with Crippen molar-refractivity contribution in [3.05, 3.63) is 28.3 Å². The van der Waals surface area contributed by atoms with E-state index in [2.05, 4.69) is 0 Å². The van der Waals surface area contributed by atoms with Crippen LogP contribution < -0.4 is 4.90 Å². The number of nitrogens with zero attached hydrogens (tertiary/aromatic N) is 3. The van der Waals surface area contributed by atoms with Crippen LogP contribution in [0.3, 0.4) is 0 Å². The van der Waals surface area contributed by atoms with Crippen molar-refractivity contribution in [1.82, 2.24) is 4.90 Å². The Kier molecular flexibility index (Phi) is 3.55. The van der Waals surface area contributed by atoms with Gasteiger partial charge in [0.05, 0.1) is 22.4 Å². The van der Waals surface area contributed by atoms with Gasteiger partial charge in [-0.15, -0.1) is 0 Å². The Morgan fingerprint density at radius 2 is 2.14 bits per heavy atom. The number of halogens is 1. The molecule has 1 N–H and O–H groups in total.